The Balaban J connectivity index is 1.94. The second-order valence-electron chi connectivity index (χ2n) is 7.83. The average Bonchev–Trinajstić information content (AvgIpc) is 2.82. The maximum absolute atomic E-state index is 13.5. The molecule has 0 radical (unpaired) electrons. The fraction of sp³-hybridized carbons (Fsp3) is 0.200. The van der Waals surface area contributed by atoms with E-state index in [0.717, 1.165) is 10.7 Å². The molecule has 2 N–H and O–H groups in total. The zero-order valence-corrected chi connectivity index (χ0v) is 21.5. The minimum absolute atomic E-state index is 0.00257. The second-order valence-corrected chi connectivity index (χ2v) is 10.6. The van der Waals surface area contributed by atoms with Gasteiger partial charge in [-0.2, -0.15) is 0 Å². The van der Waals surface area contributed by atoms with Gasteiger partial charge in [0.15, 0.2) is 0 Å². The van der Waals surface area contributed by atoms with Crippen LogP contribution in [-0.4, -0.2) is 32.8 Å². The number of nitrogens with zero attached hydrogens (tertiary/aromatic N) is 1. The minimum Gasteiger partial charge on any atom is -0.350 e. The first-order valence-electron chi connectivity index (χ1n) is 10.9. The Labute approximate surface area is 215 Å². The van der Waals surface area contributed by atoms with Crippen LogP contribution in [-0.2, 0) is 14.8 Å². The summed E-state index contributed by atoms with van der Waals surface area (Å²) in [6, 6.07) is 18.5. The molecule has 0 unspecified atom stereocenters. The largest absolute Gasteiger partial charge is 0.350 e. The van der Waals surface area contributed by atoms with E-state index < -0.39 is 22.5 Å². The molecule has 0 spiro atoms. The van der Waals surface area contributed by atoms with E-state index in [1.165, 1.54) is 30.3 Å². The van der Waals surface area contributed by atoms with Gasteiger partial charge < -0.3 is 10.6 Å². The van der Waals surface area contributed by atoms with Crippen LogP contribution in [0.1, 0.15) is 30.6 Å². The zero-order valence-electron chi connectivity index (χ0n) is 19.2. The first-order chi connectivity index (χ1) is 16.6. The van der Waals surface area contributed by atoms with Gasteiger partial charge in [0.05, 0.1) is 21.8 Å². The molecule has 1 atom stereocenters. The molecular weight excluding hydrogens is 509 g/mol. The summed E-state index contributed by atoms with van der Waals surface area (Å²) in [6.07, 6.45) is 0.745. The molecule has 7 nitrogen and oxygen atoms in total. The number of carbonyl (C=O) groups is 2. The van der Waals surface area contributed by atoms with Crippen LogP contribution in [0.15, 0.2) is 77.7 Å². The summed E-state index contributed by atoms with van der Waals surface area (Å²) in [5, 5.41) is 5.95. The Morgan fingerprint density at radius 3 is 2.17 bits per heavy atom. The molecule has 2 amide bonds. The highest BCUT2D eigenvalue weighted by atomic mass is 35.5. The Bertz CT molecular complexity index is 1300. The van der Waals surface area contributed by atoms with Crippen molar-refractivity contribution in [2.75, 3.05) is 16.2 Å². The van der Waals surface area contributed by atoms with Crippen molar-refractivity contribution in [3.05, 3.63) is 88.4 Å². The minimum atomic E-state index is -4.14. The number of sulfonamides is 1. The second kappa shape index (κ2) is 11.6. The van der Waals surface area contributed by atoms with Crippen LogP contribution in [0.4, 0.5) is 11.4 Å². The highest BCUT2D eigenvalue weighted by Gasteiger charge is 2.28. The lowest BCUT2D eigenvalue weighted by molar-refractivity contribution is -0.114. The van der Waals surface area contributed by atoms with Crippen molar-refractivity contribution in [3.63, 3.8) is 0 Å². The van der Waals surface area contributed by atoms with Crippen molar-refractivity contribution in [2.24, 2.45) is 0 Å². The molecule has 0 fully saturated rings. The fourth-order valence-electron chi connectivity index (χ4n) is 3.23. The molecule has 3 aromatic rings. The van der Waals surface area contributed by atoms with Gasteiger partial charge in [-0.25, -0.2) is 8.42 Å². The Morgan fingerprint density at radius 2 is 1.54 bits per heavy atom. The molecule has 0 bridgehead atoms. The molecule has 35 heavy (non-hydrogen) atoms. The van der Waals surface area contributed by atoms with Crippen LogP contribution in [0.5, 0.6) is 0 Å². The predicted octanol–water partition coefficient (Wildman–Crippen LogP) is 5.36. The van der Waals surface area contributed by atoms with Gasteiger partial charge in [0.2, 0.25) is 5.91 Å². The summed E-state index contributed by atoms with van der Waals surface area (Å²) >= 11 is 12.2. The topological polar surface area (TPSA) is 95.6 Å². The summed E-state index contributed by atoms with van der Waals surface area (Å²) in [5.41, 5.74) is 0.660. The standard InChI is InChI=1S/C25H25Cl2N3O4S/c1-3-17(2)28-25(32)22-11-7-8-12-23(22)29-24(31)16-30(20-14-18(26)13-19(27)15-20)35(33,34)21-9-5-4-6-10-21/h4-15,17H,3,16H2,1-2H3,(H,28,32)(H,29,31)/t17-/m0/s1. The molecule has 0 saturated carbocycles. The van der Waals surface area contributed by atoms with E-state index in [-0.39, 0.29) is 43.8 Å². The third kappa shape index (κ3) is 6.75. The number of para-hydroxylation sites is 1. The molecule has 10 heteroatoms. The lowest BCUT2D eigenvalue weighted by Crippen LogP contribution is -2.38. The van der Waals surface area contributed by atoms with Gasteiger partial charge in [-0.15, -0.1) is 0 Å². The zero-order chi connectivity index (χ0) is 25.6. The summed E-state index contributed by atoms with van der Waals surface area (Å²) in [5.74, 6) is -0.991. The van der Waals surface area contributed by atoms with Gasteiger partial charge in [-0.3, -0.25) is 13.9 Å². The van der Waals surface area contributed by atoms with Crippen LogP contribution in [0, 0.1) is 0 Å². The van der Waals surface area contributed by atoms with Gasteiger partial charge in [0, 0.05) is 16.1 Å². The number of hydrogen-bond donors (Lipinski definition) is 2. The van der Waals surface area contributed by atoms with E-state index in [2.05, 4.69) is 10.6 Å². The maximum atomic E-state index is 13.5. The van der Waals surface area contributed by atoms with Crippen molar-refractivity contribution in [2.45, 2.75) is 31.2 Å². The molecule has 0 aromatic heterocycles. The average molecular weight is 534 g/mol. The van der Waals surface area contributed by atoms with Crippen LogP contribution in [0.2, 0.25) is 10.0 Å². The van der Waals surface area contributed by atoms with Crippen molar-refractivity contribution in [1.29, 1.82) is 0 Å². The molecular formula is C25H25Cl2N3O4S. The number of rotatable bonds is 9. The Hall–Kier alpha value is -3.07. The van der Waals surface area contributed by atoms with E-state index in [0.29, 0.717) is 0 Å². The molecule has 0 aliphatic rings. The third-order valence-electron chi connectivity index (χ3n) is 5.19. The monoisotopic (exact) mass is 533 g/mol. The van der Waals surface area contributed by atoms with Crippen LogP contribution < -0.4 is 14.9 Å². The Morgan fingerprint density at radius 1 is 0.943 bits per heavy atom. The normalized spacial score (nSPS) is 12.0. The maximum Gasteiger partial charge on any atom is 0.264 e. The van der Waals surface area contributed by atoms with Crippen LogP contribution >= 0.6 is 23.2 Å². The third-order valence-corrected chi connectivity index (χ3v) is 7.41. The van der Waals surface area contributed by atoms with Crippen LogP contribution in [0.25, 0.3) is 0 Å². The first-order valence-corrected chi connectivity index (χ1v) is 13.0. The number of nitrogens with one attached hydrogen (secondary N) is 2. The SMILES string of the molecule is CC[C@H](C)NC(=O)c1ccccc1NC(=O)CN(c1cc(Cl)cc(Cl)c1)S(=O)(=O)c1ccccc1. The lowest BCUT2D eigenvalue weighted by Gasteiger charge is -2.25. The quantitative estimate of drug-likeness (QED) is 0.387. The van der Waals surface area contributed by atoms with Crippen molar-refractivity contribution < 1.29 is 18.0 Å². The highest BCUT2D eigenvalue weighted by molar-refractivity contribution is 7.92. The van der Waals surface area contributed by atoms with E-state index in [9.17, 15) is 18.0 Å². The van der Waals surface area contributed by atoms with Gasteiger partial charge >= 0.3 is 0 Å². The molecule has 0 heterocycles. The van der Waals surface area contributed by atoms with E-state index in [1.807, 2.05) is 13.8 Å². The highest BCUT2D eigenvalue weighted by Crippen LogP contribution is 2.30. The first kappa shape index (κ1) is 26.5. The molecule has 3 rings (SSSR count). The number of amides is 2. The summed E-state index contributed by atoms with van der Waals surface area (Å²) in [7, 11) is -4.14. The number of carbonyl (C=O) groups excluding carboxylic acids is 2. The smallest absolute Gasteiger partial charge is 0.264 e. The van der Waals surface area contributed by atoms with Gasteiger partial charge in [-0.1, -0.05) is 60.5 Å². The van der Waals surface area contributed by atoms with Crippen LogP contribution in [0.3, 0.4) is 0 Å². The fourth-order valence-corrected chi connectivity index (χ4v) is 5.17. The number of hydrogen-bond acceptors (Lipinski definition) is 4. The van der Waals surface area contributed by atoms with Gasteiger partial charge in [0.1, 0.15) is 6.54 Å². The number of anilines is 2. The summed E-state index contributed by atoms with van der Waals surface area (Å²) in [4.78, 5) is 25.8. The number of benzene rings is 3. The Kier molecular flexibility index (Phi) is 8.77. The van der Waals surface area contributed by atoms with Gasteiger partial charge in [-0.05, 0) is 55.8 Å². The van der Waals surface area contributed by atoms with Crippen molar-refractivity contribution in [3.8, 4) is 0 Å². The molecule has 0 saturated heterocycles. The lowest BCUT2D eigenvalue weighted by atomic mass is 10.1. The molecule has 0 aliphatic carbocycles. The van der Waals surface area contributed by atoms with Crippen molar-refractivity contribution in [1.82, 2.24) is 5.32 Å². The molecule has 184 valence electrons. The molecule has 3 aromatic carbocycles. The summed E-state index contributed by atoms with van der Waals surface area (Å²) < 4.78 is 27.9. The van der Waals surface area contributed by atoms with Crippen molar-refractivity contribution >= 4 is 56.4 Å². The summed E-state index contributed by atoms with van der Waals surface area (Å²) in [6.45, 7) is 3.25. The van der Waals surface area contributed by atoms with Gasteiger partial charge in [0.25, 0.3) is 15.9 Å². The van der Waals surface area contributed by atoms with E-state index >= 15 is 0 Å². The predicted molar refractivity (Wildman–Crippen MR) is 140 cm³/mol. The van der Waals surface area contributed by atoms with E-state index in [4.69, 9.17) is 23.2 Å². The molecule has 0 aliphatic heterocycles. The van der Waals surface area contributed by atoms with E-state index in [1.54, 1.807) is 42.5 Å². The number of halogens is 2.